The maximum atomic E-state index is 14.7. The molecule has 0 N–H and O–H groups in total. The lowest BCUT2D eigenvalue weighted by molar-refractivity contribution is -0.128. The third kappa shape index (κ3) is 2.09. The second-order valence-corrected chi connectivity index (χ2v) is 5.07. The Morgan fingerprint density at radius 1 is 1.04 bits per heavy atom. The summed E-state index contributed by atoms with van der Waals surface area (Å²) in [5.41, 5.74) is 0.0171. The lowest BCUT2D eigenvalue weighted by atomic mass is 10.1. The molecule has 0 bridgehead atoms. The number of rotatable bonds is 0. The average Bonchev–Trinajstić information content (AvgIpc) is 3.12. The molecule has 0 aliphatic carbocycles. The van der Waals surface area contributed by atoms with Gasteiger partial charge in [-0.2, -0.15) is 13.2 Å². The van der Waals surface area contributed by atoms with Crippen molar-refractivity contribution in [2.45, 2.75) is 6.30 Å². The first-order chi connectivity index (χ1) is 10.9. The second-order valence-electron chi connectivity index (χ2n) is 5.07. The molecule has 0 fully saturated rings. The van der Waals surface area contributed by atoms with Gasteiger partial charge in [-0.1, -0.05) is 6.07 Å². The lowest BCUT2D eigenvalue weighted by Crippen LogP contribution is -2.37. The van der Waals surface area contributed by atoms with Crippen LogP contribution in [0.3, 0.4) is 0 Å². The summed E-state index contributed by atoms with van der Waals surface area (Å²) < 4.78 is 53.7. The van der Waals surface area contributed by atoms with Gasteiger partial charge in [0.15, 0.2) is 5.82 Å². The number of fused-ring (bicyclic) bond motifs is 2. The fourth-order valence-corrected chi connectivity index (χ4v) is 2.64. The third-order valence-electron chi connectivity index (χ3n) is 3.73. The van der Waals surface area contributed by atoms with Crippen LogP contribution in [0.25, 0.3) is 0 Å². The van der Waals surface area contributed by atoms with Gasteiger partial charge in [0.25, 0.3) is 0 Å². The Morgan fingerprint density at radius 3 is 2.61 bits per heavy atom. The highest BCUT2D eigenvalue weighted by atomic mass is 19.4. The molecule has 0 atom stereocenters. The van der Waals surface area contributed by atoms with Gasteiger partial charge in [-0.05, 0) is 29.5 Å². The quantitative estimate of drug-likeness (QED) is 0.542. The van der Waals surface area contributed by atoms with Gasteiger partial charge in [0.05, 0.1) is 16.4 Å². The molecule has 0 saturated carbocycles. The zero-order valence-electron chi connectivity index (χ0n) is 11.5. The molecule has 23 heavy (non-hydrogen) atoms. The SMILES string of the molecule is Fc1c2c(ccc1=c1ccc3c(c1)N=CN=3)=NCN2C(F)(F)F. The van der Waals surface area contributed by atoms with E-state index < -0.39 is 24.5 Å². The summed E-state index contributed by atoms with van der Waals surface area (Å²) in [7, 11) is 0. The molecule has 0 radical (unpaired) electrons. The van der Waals surface area contributed by atoms with Crippen LogP contribution < -0.4 is 15.6 Å². The Balaban J connectivity index is 2.04. The summed E-state index contributed by atoms with van der Waals surface area (Å²) in [6.45, 7) is -0.632. The standard InChI is InChI=1S/C15H8F4N4/c16-13-9(8-1-3-10-12(5-8)21-6-20-10)2-4-11-14(13)23(7-22-11)15(17,18)19/h1-6H,7H2. The lowest BCUT2D eigenvalue weighted by Gasteiger charge is -2.21. The van der Waals surface area contributed by atoms with Crippen molar-refractivity contribution < 1.29 is 17.6 Å². The van der Waals surface area contributed by atoms with Crippen LogP contribution in [0.4, 0.5) is 28.9 Å². The van der Waals surface area contributed by atoms with E-state index >= 15 is 0 Å². The van der Waals surface area contributed by atoms with Crippen LogP contribution in [0.5, 0.6) is 0 Å². The van der Waals surface area contributed by atoms with E-state index in [4.69, 9.17) is 0 Å². The van der Waals surface area contributed by atoms with Gasteiger partial charge in [-0.15, -0.1) is 0 Å². The number of benzene rings is 2. The van der Waals surface area contributed by atoms with Gasteiger partial charge >= 0.3 is 6.30 Å². The van der Waals surface area contributed by atoms with Gasteiger partial charge < -0.3 is 0 Å². The predicted molar refractivity (Wildman–Crippen MR) is 74.4 cm³/mol. The van der Waals surface area contributed by atoms with E-state index in [1.165, 1.54) is 18.5 Å². The number of aliphatic imine (C=N–C) groups is 1. The summed E-state index contributed by atoms with van der Waals surface area (Å²) in [5.74, 6) is -0.944. The Bertz CT molecular complexity index is 1060. The van der Waals surface area contributed by atoms with Crippen LogP contribution in [-0.4, -0.2) is 19.3 Å². The van der Waals surface area contributed by atoms with Gasteiger partial charge in [-0.25, -0.2) is 14.4 Å². The van der Waals surface area contributed by atoms with Gasteiger partial charge in [0, 0.05) is 5.22 Å². The van der Waals surface area contributed by atoms with E-state index in [1.54, 1.807) is 18.2 Å². The highest BCUT2D eigenvalue weighted by molar-refractivity contribution is 5.66. The van der Waals surface area contributed by atoms with Gasteiger partial charge in [0.1, 0.15) is 18.7 Å². The van der Waals surface area contributed by atoms with Crippen LogP contribution in [-0.2, 0) is 0 Å². The van der Waals surface area contributed by atoms with Crippen LogP contribution >= 0.6 is 0 Å². The minimum Gasteiger partial charge on any atom is -0.261 e. The largest absolute Gasteiger partial charge is 0.486 e. The zero-order chi connectivity index (χ0) is 16.2. The second kappa shape index (κ2) is 4.61. The van der Waals surface area contributed by atoms with Crippen molar-refractivity contribution in [3.63, 3.8) is 0 Å². The molecular weight excluding hydrogens is 312 g/mol. The Hall–Kier alpha value is -2.77. The Morgan fingerprint density at radius 2 is 1.83 bits per heavy atom. The number of hydrogen-bond acceptors (Lipinski definition) is 4. The minimum absolute atomic E-state index is 0.00200. The zero-order valence-corrected chi connectivity index (χ0v) is 11.5. The van der Waals surface area contributed by atoms with Crippen molar-refractivity contribution in [1.82, 2.24) is 0 Å². The molecule has 2 aromatic rings. The fourth-order valence-electron chi connectivity index (χ4n) is 2.64. The molecule has 0 amide bonds. The first-order valence-corrected chi connectivity index (χ1v) is 6.67. The Labute approximate surface area is 126 Å². The van der Waals surface area contributed by atoms with Crippen molar-refractivity contribution in [3.8, 4) is 0 Å². The average molecular weight is 320 g/mol. The normalized spacial score (nSPS) is 16.8. The maximum absolute atomic E-state index is 14.7. The van der Waals surface area contributed by atoms with Gasteiger partial charge in [0.2, 0.25) is 0 Å². The molecule has 116 valence electrons. The molecule has 2 heterocycles. The van der Waals surface area contributed by atoms with Crippen molar-refractivity contribution in [1.29, 1.82) is 0 Å². The molecule has 0 unspecified atom stereocenters. The summed E-state index contributed by atoms with van der Waals surface area (Å²) in [4.78, 5) is 11.8. The van der Waals surface area contributed by atoms with E-state index in [0.717, 1.165) is 0 Å². The van der Waals surface area contributed by atoms with Crippen molar-refractivity contribution in [3.05, 3.63) is 57.3 Å². The van der Waals surface area contributed by atoms with E-state index in [0.29, 0.717) is 16.3 Å². The fraction of sp³-hybridized carbons (Fsp3) is 0.133. The van der Waals surface area contributed by atoms with Crippen molar-refractivity contribution >= 4 is 17.7 Å². The molecule has 0 saturated heterocycles. The summed E-state index contributed by atoms with van der Waals surface area (Å²) in [5, 5.41) is 1.15. The topological polar surface area (TPSA) is 40.3 Å². The first kappa shape index (κ1) is 13.9. The van der Waals surface area contributed by atoms with Crippen molar-refractivity contribution in [2.75, 3.05) is 11.6 Å². The number of hydrogen-bond donors (Lipinski definition) is 0. The van der Waals surface area contributed by atoms with E-state index in [9.17, 15) is 17.6 Å². The molecule has 2 aromatic carbocycles. The molecule has 0 spiro atoms. The van der Waals surface area contributed by atoms with Crippen LogP contribution in [0, 0.1) is 16.3 Å². The minimum atomic E-state index is -4.69. The van der Waals surface area contributed by atoms with Gasteiger partial charge in [-0.3, -0.25) is 9.89 Å². The number of halogens is 4. The van der Waals surface area contributed by atoms with E-state index in [2.05, 4.69) is 15.0 Å². The number of alkyl halides is 3. The van der Waals surface area contributed by atoms with Crippen molar-refractivity contribution in [2.24, 2.45) is 15.0 Å². The van der Waals surface area contributed by atoms with Crippen LogP contribution in [0.15, 0.2) is 45.3 Å². The Kier molecular flexibility index (Phi) is 2.78. The molecule has 0 aromatic heterocycles. The number of nitrogens with zero attached hydrogens (tertiary/aromatic N) is 4. The highest BCUT2D eigenvalue weighted by Crippen LogP contribution is 2.30. The van der Waals surface area contributed by atoms with E-state index in [1.807, 2.05) is 0 Å². The molecule has 4 nitrogen and oxygen atoms in total. The predicted octanol–water partition coefficient (Wildman–Crippen LogP) is 2.32. The summed E-state index contributed by atoms with van der Waals surface area (Å²) in [6.07, 6.45) is -3.31. The molecule has 2 aliphatic heterocycles. The third-order valence-corrected chi connectivity index (χ3v) is 3.73. The summed E-state index contributed by atoms with van der Waals surface area (Å²) >= 11 is 0. The van der Waals surface area contributed by atoms with E-state index in [-0.39, 0.29) is 15.5 Å². The van der Waals surface area contributed by atoms with Crippen LogP contribution in [0.2, 0.25) is 0 Å². The monoisotopic (exact) mass is 320 g/mol. The molecule has 2 aliphatic rings. The van der Waals surface area contributed by atoms with Crippen LogP contribution in [0.1, 0.15) is 0 Å². The first-order valence-electron chi connectivity index (χ1n) is 6.67. The summed E-state index contributed by atoms with van der Waals surface area (Å²) in [6, 6.07) is 7.66. The smallest absolute Gasteiger partial charge is 0.261 e. The molecule has 8 heteroatoms. The maximum Gasteiger partial charge on any atom is 0.486 e. The molecule has 4 rings (SSSR count). The molecular formula is C15H8F4N4. The number of anilines is 1. The highest BCUT2D eigenvalue weighted by Gasteiger charge is 2.41.